The van der Waals surface area contributed by atoms with Crippen molar-refractivity contribution in [3.63, 3.8) is 0 Å². The topological polar surface area (TPSA) is 148 Å². The summed E-state index contributed by atoms with van der Waals surface area (Å²) >= 11 is 0. The van der Waals surface area contributed by atoms with Crippen LogP contribution in [0, 0.1) is 13.8 Å². The van der Waals surface area contributed by atoms with Gasteiger partial charge in [0.05, 0.1) is 23.2 Å². The molecule has 0 aliphatic carbocycles. The molecule has 0 bridgehead atoms. The number of sulfone groups is 1. The summed E-state index contributed by atoms with van der Waals surface area (Å²) in [4.78, 5) is 24.3. The van der Waals surface area contributed by atoms with Crippen LogP contribution in [-0.2, 0) is 19.4 Å². The van der Waals surface area contributed by atoms with Gasteiger partial charge < -0.3 is 20.3 Å². The Kier molecular flexibility index (Phi) is 5.51. The number of hydrogen-bond donors (Lipinski definition) is 3. The number of ether oxygens (including phenoxy) is 1. The highest BCUT2D eigenvalue weighted by Gasteiger charge is 2.31. The quantitative estimate of drug-likeness (QED) is 0.478. The summed E-state index contributed by atoms with van der Waals surface area (Å²) in [5, 5.41) is 26.3. The minimum absolute atomic E-state index is 0.0534. The lowest BCUT2D eigenvalue weighted by Gasteiger charge is -2.14. The van der Waals surface area contributed by atoms with Crippen molar-refractivity contribution in [2.45, 2.75) is 26.3 Å². The maximum absolute atomic E-state index is 12.2. The molecule has 1 saturated heterocycles. The number of phenolic OH excluding ortho intramolecular Hbond substituents is 2. The number of aryl methyl sites for hydroxylation is 2. The molecule has 0 spiro atoms. The number of carbonyl (C=O) groups excluding carboxylic acids is 2. The van der Waals surface area contributed by atoms with Crippen LogP contribution < -0.4 is 5.32 Å². The smallest absolute Gasteiger partial charge is 0.342 e. The molecule has 1 fully saturated rings. The second kappa shape index (κ2) is 7.74. The standard InChI is InChI=1S/C18H21N3O7S/c1-10-3-4-13(17(24)16(10)23)18(25)28-8-15(22)19-14-7-11(2)20-21(14)12-5-6-29(26,27)9-12/h3-4,7,12,23-24H,5-6,8-9H2,1-2H3,(H,19,22). The van der Waals surface area contributed by atoms with Crippen molar-refractivity contribution in [2.24, 2.45) is 0 Å². The fourth-order valence-corrected chi connectivity index (χ4v) is 4.78. The number of carbonyl (C=O) groups is 2. The number of nitrogens with zero attached hydrogens (tertiary/aromatic N) is 2. The third-order valence-electron chi connectivity index (χ3n) is 4.59. The van der Waals surface area contributed by atoms with E-state index in [9.17, 15) is 28.2 Å². The van der Waals surface area contributed by atoms with Gasteiger partial charge in [-0.3, -0.25) is 4.79 Å². The Hall–Kier alpha value is -3.08. The van der Waals surface area contributed by atoms with E-state index in [-0.39, 0.29) is 23.1 Å². The number of hydrogen-bond acceptors (Lipinski definition) is 8. The van der Waals surface area contributed by atoms with Gasteiger partial charge in [0.2, 0.25) is 0 Å². The Labute approximate surface area is 167 Å². The lowest BCUT2D eigenvalue weighted by atomic mass is 10.1. The van der Waals surface area contributed by atoms with Crippen LogP contribution in [-0.4, -0.2) is 58.4 Å². The number of benzene rings is 1. The summed E-state index contributed by atoms with van der Waals surface area (Å²) in [6, 6.07) is 3.93. The van der Waals surface area contributed by atoms with E-state index in [0.29, 0.717) is 23.5 Å². The molecule has 3 N–H and O–H groups in total. The van der Waals surface area contributed by atoms with Gasteiger partial charge in [-0.05, 0) is 31.9 Å². The van der Waals surface area contributed by atoms with Crippen molar-refractivity contribution in [3.8, 4) is 11.5 Å². The second-order valence-electron chi connectivity index (χ2n) is 6.92. The first-order valence-electron chi connectivity index (χ1n) is 8.82. The third kappa shape index (κ3) is 4.50. The Morgan fingerprint density at radius 1 is 1.28 bits per heavy atom. The van der Waals surface area contributed by atoms with Gasteiger partial charge in [-0.1, -0.05) is 6.07 Å². The average Bonchev–Trinajstić information content (AvgIpc) is 3.19. The van der Waals surface area contributed by atoms with Gasteiger partial charge in [-0.2, -0.15) is 5.10 Å². The van der Waals surface area contributed by atoms with Gasteiger partial charge in [0.1, 0.15) is 11.4 Å². The highest BCUT2D eigenvalue weighted by molar-refractivity contribution is 7.91. The van der Waals surface area contributed by atoms with E-state index in [1.807, 2.05) is 0 Å². The largest absolute Gasteiger partial charge is 0.504 e. The summed E-state index contributed by atoms with van der Waals surface area (Å²) in [6.45, 7) is 2.63. The van der Waals surface area contributed by atoms with Crippen LogP contribution in [0.5, 0.6) is 11.5 Å². The maximum atomic E-state index is 12.2. The number of aromatic hydroxyl groups is 2. The number of aromatic nitrogens is 2. The highest BCUT2D eigenvalue weighted by atomic mass is 32.2. The predicted octanol–water partition coefficient (Wildman–Crippen LogP) is 1.07. The molecule has 1 unspecified atom stereocenters. The summed E-state index contributed by atoms with van der Waals surface area (Å²) in [7, 11) is -3.13. The second-order valence-corrected chi connectivity index (χ2v) is 9.15. The molecule has 11 heteroatoms. The molecule has 1 amide bonds. The minimum atomic E-state index is -3.13. The lowest BCUT2D eigenvalue weighted by Crippen LogP contribution is -2.24. The molecule has 1 aliphatic heterocycles. The molecule has 3 rings (SSSR count). The summed E-state index contributed by atoms with van der Waals surface area (Å²) in [5.41, 5.74) is 0.717. The number of anilines is 1. The number of amides is 1. The molecule has 1 aromatic heterocycles. The molecular formula is C18H21N3O7S. The SMILES string of the molecule is Cc1cc(NC(=O)COC(=O)c2ccc(C)c(O)c2O)n(C2CCS(=O)(=O)C2)n1. The van der Waals surface area contributed by atoms with Crippen LogP contribution in [0.4, 0.5) is 5.82 Å². The van der Waals surface area contributed by atoms with E-state index in [2.05, 4.69) is 10.4 Å². The summed E-state index contributed by atoms with van der Waals surface area (Å²) < 4.78 is 29.8. The summed E-state index contributed by atoms with van der Waals surface area (Å²) in [6.07, 6.45) is 0.400. The van der Waals surface area contributed by atoms with Crippen molar-refractivity contribution in [1.82, 2.24) is 9.78 Å². The molecule has 0 saturated carbocycles. The third-order valence-corrected chi connectivity index (χ3v) is 6.34. The fraction of sp³-hybridized carbons (Fsp3) is 0.389. The van der Waals surface area contributed by atoms with Crippen LogP contribution >= 0.6 is 0 Å². The van der Waals surface area contributed by atoms with E-state index in [4.69, 9.17) is 4.74 Å². The van der Waals surface area contributed by atoms with E-state index in [1.165, 1.54) is 16.8 Å². The predicted molar refractivity (Wildman–Crippen MR) is 103 cm³/mol. The van der Waals surface area contributed by atoms with Crippen LogP contribution in [0.2, 0.25) is 0 Å². The van der Waals surface area contributed by atoms with Crippen molar-refractivity contribution < 1.29 is 33.0 Å². The molecule has 10 nitrogen and oxygen atoms in total. The zero-order chi connectivity index (χ0) is 21.3. The fourth-order valence-electron chi connectivity index (χ4n) is 3.09. The molecule has 1 atom stereocenters. The van der Waals surface area contributed by atoms with Gasteiger partial charge in [0.15, 0.2) is 27.9 Å². The molecule has 0 radical (unpaired) electrons. The van der Waals surface area contributed by atoms with Crippen molar-refractivity contribution in [2.75, 3.05) is 23.4 Å². The monoisotopic (exact) mass is 423 g/mol. The first-order valence-corrected chi connectivity index (χ1v) is 10.6. The highest BCUT2D eigenvalue weighted by Crippen LogP contribution is 2.32. The van der Waals surface area contributed by atoms with E-state index >= 15 is 0 Å². The Balaban J connectivity index is 1.65. The van der Waals surface area contributed by atoms with Gasteiger partial charge >= 0.3 is 5.97 Å². The maximum Gasteiger partial charge on any atom is 0.342 e. The zero-order valence-corrected chi connectivity index (χ0v) is 16.7. The average molecular weight is 423 g/mol. The van der Waals surface area contributed by atoms with E-state index in [0.717, 1.165) is 0 Å². The van der Waals surface area contributed by atoms with Gasteiger partial charge in [0.25, 0.3) is 5.91 Å². The van der Waals surface area contributed by atoms with Crippen LogP contribution in [0.3, 0.4) is 0 Å². The molecule has 29 heavy (non-hydrogen) atoms. The lowest BCUT2D eigenvalue weighted by molar-refractivity contribution is -0.119. The minimum Gasteiger partial charge on any atom is -0.504 e. The molecule has 156 valence electrons. The van der Waals surface area contributed by atoms with Gasteiger partial charge in [-0.15, -0.1) is 0 Å². The molecule has 2 aromatic rings. The molecular weight excluding hydrogens is 402 g/mol. The van der Waals surface area contributed by atoms with Crippen molar-refractivity contribution >= 4 is 27.5 Å². The van der Waals surface area contributed by atoms with Gasteiger partial charge in [0, 0.05) is 6.07 Å². The van der Waals surface area contributed by atoms with Crippen molar-refractivity contribution in [1.29, 1.82) is 0 Å². The van der Waals surface area contributed by atoms with Crippen LogP contribution in [0.25, 0.3) is 0 Å². The first-order chi connectivity index (χ1) is 13.6. The van der Waals surface area contributed by atoms with E-state index < -0.39 is 39.8 Å². The first kappa shape index (κ1) is 20.6. The molecule has 1 aromatic carbocycles. The summed E-state index contributed by atoms with van der Waals surface area (Å²) in [5.74, 6) is -2.37. The van der Waals surface area contributed by atoms with Crippen LogP contribution in [0.1, 0.15) is 34.1 Å². The molecule has 1 aliphatic rings. The van der Waals surface area contributed by atoms with Crippen molar-refractivity contribution in [3.05, 3.63) is 35.0 Å². The van der Waals surface area contributed by atoms with Crippen LogP contribution in [0.15, 0.2) is 18.2 Å². The number of esters is 1. The molecule has 2 heterocycles. The Morgan fingerprint density at radius 2 is 2.00 bits per heavy atom. The number of rotatable bonds is 5. The Bertz CT molecular complexity index is 1080. The van der Waals surface area contributed by atoms with E-state index in [1.54, 1.807) is 19.9 Å². The van der Waals surface area contributed by atoms with Gasteiger partial charge in [-0.25, -0.2) is 17.9 Å². The number of phenols is 2. The normalized spacial score (nSPS) is 17.8. The Morgan fingerprint density at radius 3 is 2.66 bits per heavy atom. The zero-order valence-electron chi connectivity index (χ0n) is 15.9. The number of nitrogens with one attached hydrogen (secondary N) is 1.